The molecule has 1 unspecified atom stereocenters. The van der Waals surface area contributed by atoms with Crippen molar-refractivity contribution in [3.05, 3.63) is 65.7 Å². The number of hydrogen-bond donors (Lipinski definition) is 2. The molecule has 0 saturated carbocycles. The zero-order valence-electron chi connectivity index (χ0n) is 18.8. The summed E-state index contributed by atoms with van der Waals surface area (Å²) in [5, 5.41) is 11.0. The molecule has 2 rings (SSSR count). The fraction of sp³-hybridized carbons (Fsp3) is 0.417. The minimum Gasteiger partial charge on any atom is -0.391 e. The normalized spacial score (nSPS) is 13.8. The number of aliphatic hydroxyl groups excluding tert-OH is 1. The van der Waals surface area contributed by atoms with Crippen LogP contribution in [0.5, 0.6) is 0 Å². The Hall–Kier alpha value is -2.55. The maximum Gasteiger partial charge on any atom is 0.243 e. The summed E-state index contributed by atoms with van der Waals surface area (Å²) >= 11 is 0. The largest absolute Gasteiger partial charge is 0.391 e. The Kier molecular flexibility index (Phi) is 9.12. The Balaban J connectivity index is 2.49. The summed E-state index contributed by atoms with van der Waals surface area (Å²) in [6, 6.07) is 14.3. The molecule has 7 nitrogen and oxygen atoms in total. The molecule has 0 bridgehead atoms. The monoisotopic (exact) mass is 460 g/mol. The molecule has 1 amide bonds. The average molecular weight is 461 g/mol. The van der Waals surface area contributed by atoms with Crippen LogP contribution in [0, 0.1) is 5.92 Å². The molecule has 3 N–H and O–H groups in total. The van der Waals surface area contributed by atoms with E-state index >= 15 is 0 Å². The molecular weight excluding hydrogens is 428 g/mol. The van der Waals surface area contributed by atoms with Crippen molar-refractivity contribution in [2.75, 3.05) is 6.54 Å². The molecule has 0 fully saturated rings. The topological polar surface area (TPSA) is 118 Å². The second-order valence-electron chi connectivity index (χ2n) is 8.38. The van der Waals surface area contributed by atoms with Crippen LogP contribution in [0.1, 0.15) is 49.5 Å². The summed E-state index contributed by atoms with van der Waals surface area (Å²) in [5.41, 5.74) is 6.54. The Morgan fingerprint density at radius 1 is 1.03 bits per heavy atom. The standard InChI is InChI=1S/C24H32N2O5S/c1-17(2)16-26(32(30,31)21-11-9-20(10-12-21)18(3)27)22(23(28)13-14-24(25)29)15-19-7-5-4-6-8-19/h4-12,17,22-23,28H,13-16H2,1-3H3,(H2,25,29)/t22?,23-/m1/s1. The first-order valence-electron chi connectivity index (χ1n) is 10.7. The molecule has 0 aromatic heterocycles. The van der Waals surface area contributed by atoms with Crippen LogP contribution in [0.2, 0.25) is 0 Å². The van der Waals surface area contributed by atoms with Crippen LogP contribution in [-0.2, 0) is 21.2 Å². The van der Waals surface area contributed by atoms with Crippen LogP contribution in [-0.4, -0.2) is 48.2 Å². The molecule has 174 valence electrons. The maximum atomic E-state index is 13.7. The number of aliphatic hydroxyl groups is 1. The van der Waals surface area contributed by atoms with Gasteiger partial charge in [0.1, 0.15) is 0 Å². The number of hydrogen-bond acceptors (Lipinski definition) is 5. The van der Waals surface area contributed by atoms with E-state index in [9.17, 15) is 23.1 Å². The summed E-state index contributed by atoms with van der Waals surface area (Å²) < 4.78 is 28.6. The Morgan fingerprint density at radius 2 is 1.62 bits per heavy atom. The highest BCUT2D eigenvalue weighted by Crippen LogP contribution is 2.26. The number of benzene rings is 2. The number of nitrogens with two attached hydrogens (primary N) is 1. The lowest BCUT2D eigenvalue weighted by Crippen LogP contribution is -2.50. The number of carbonyl (C=O) groups excluding carboxylic acids is 2. The van der Waals surface area contributed by atoms with Crippen molar-refractivity contribution in [1.82, 2.24) is 4.31 Å². The third kappa shape index (κ3) is 6.98. The van der Waals surface area contributed by atoms with Crippen molar-refractivity contribution < 1.29 is 23.1 Å². The summed E-state index contributed by atoms with van der Waals surface area (Å²) in [6.45, 7) is 5.40. The van der Waals surface area contributed by atoms with E-state index in [4.69, 9.17) is 5.73 Å². The summed E-state index contributed by atoms with van der Waals surface area (Å²) in [7, 11) is -4.00. The van der Waals surface area contributed by atoms with Gasteiger partial charge in [-0.15, -0.1) is 0 Å². The van der Waals surface area contributed by atoms with Crippen LogP contribution < -0.4 is 5.73 Å². The van der Waals surface area contributed by atoms with Crippen molar-refractivity contribution in [1.29, 1.82) is 0 Å². The van der Waals surface area contributed by atoms with Crippen LogP contribution >= 0.6 is 0 Å². The lowest BCUT2D eigenvalue weighted by molar-refractivity contribution is -0.118. The van der Waals surface area contributed by atoms with Crippen LogP contribution in [0.15, 0.2) is 59.5 Å². The van der Waals surface area contributed by atoms with Gasteiger partial charge in [-0.05, 0) is 43.4 Å². The third-order valence-corrected chi connectivity index (χ3v) is 7.11. The highest BCUT2D eigenvalue weighted by atomic mass is 32.2. The Morgan fingerprint density at radius 3 is 2.12 bits per heavy atom. The molecular formula is C24H32N2O5S. The van der Waals surface area contributed by atoms with Crippen molar-refractivity contribution in [2.24, 2.45) is 11.7 Å². The number of nitrogens with zero attached hydrogens (tertiary/aromatic N) is 1. The molecule has 0 aliphatic heterocycles. The Labute approximate surface area is 190 Å². The predicted octanol–water partition coefficient (Wildman–Crippen LogP) is 2.77. The van der Waals surface area contributed by atoms with Gasteiger partial charge in [-0.1, -0.05) is 56.3 Å². The Bertz CT molecular complexity index is 1000. The van der Waals surface area contributed by atoms with Gasteiger partial charge in [0.05, 0.1) is 17.0 Å². The van der Waals surface area contributed by atoms with Gasteiger partial charge in [0.15, 0.2) is 5.78 Å². The van der Waals surface area contributed by atoms with Gasteiger partial charge < -0.3 is 10.8 Å². The molecule has 0 heterocycles. The van der Waals surface area contributed by atoms with E-state index in [0.29, 0.717) is 5.56 Å². The molecule has 0 radical (unpaired) electrons. The van der Waals surface area contributed by atoms with Gasteiger partial charge in [0.25, 0.3) is 0 Å². The molecule has 2 aromatic rings. The quantitative estimate of drug-likeness (QED) is 0.472. The van der Waals surface area contributed by atoms with E-state index in [2.05, 4.69) is 0 Å². The van der Waals surface area contributed by atoms with E-state index in [1.807, 2.05) is 44.2 Å². The molecule has 32 heavy (non-hydrogen) atoms. The van der Waals surface area contributed by atoms with Gasteiger partial charge >= 0.3 is 0 Å². The van der Waals surface area contributed by atoms with E-state index in [1.165, 1.54) is 35.5 Å². The van der Waals surface area contributed by atoms with Gasteiger partial charge in [-0.25, -0.2) is 8.42 Å². The van der Waals surface area contributed by atoms with Crippen LogP contribution in [0.3, 0.4) is 0 Å². The van der Waals surface area contributed by atoms with Crippen LogP contribution in [0.25, 0.3) is 0 Å². The van der Waals surface area contributed by atoms with Gasteiger partial charge in [0, 0.05) is 18.5 Å². The minimum atomic E-state index is -4.00. The van der Waals surface area contributed by atoms with E-state index in [-0.39, 0.29) is 42.4 Å². The summed E-state index contributed by atoms with van der Waals surface area (Å²) in [5.74, 6) is -0.722. The van der Waals surface area contributed by atoms with E-state index in [0.717, 1.165) is 5.56 Å². The van der Waals surface area contributed by atoms with Gasteiger partial charge in [-0.3, -0.25) is 9.59 Å². The number of rotatable bonds is 12. The molecule has 0 spiro atoms. The van der Waals surface area contributed by atoms with Crippen molar-refractivity contribution >= 4 is 21.7 Å². The second-order valence-corrected chi connectivity index (χ2v) is 10.3. The third-order valence-electron chi connectivity index (χ3n) is 5.20. The smallest absolute Gasteiger partial charge is 0.243 e. The lowest BCUT2D eigenvalue weighted by atomic mass is 9.97. The fourth-order valence-electron chi connectivity index (χ4n) is 3.54. The highest BCUT2D eigenvalue weighted by Gasteiger charge is 2.36. The first-order chi connectivity index (χ1) is 15.0. The highest BCUT2D eigenvalue weighted by molar-refractivity contribution is 7.89. The summed E-state index contributed by atoms with van der Waals surface area (Å²) in [6.07, 6.45) is -0.805. The molecule has 2 atom stereocenters. The lowest BCUT2D eigenvalue weighted by Gasteiger charge is -2.35. The molecule has 0 saturated heterocycles. The van der Waals surface area contributed by atoms with Crippen molar-refractivity contribution in [3.8, 4) is 0 Å². The predicted molar refractivity (Wildman–Crippen MR) is 124 cm³/mol. The van der Waals surface area contributed by atoms with Gasteiger partial charge in [-0.2, -0.15) is 4.31 Å². The van der Waals surface area contributed by atoms with Crippen molar-refractivity contribution in [2.45, 2.75) is 57.1 Å². The number of carbonyl (C=O) groups is 2. The number of sulfonamides is 1. The molecule has 8 heteroatoms. The first kappa shape index (κ1) is 25.7. The number of ketones is 1. The van der Waals surface area contributed by atoms with E-state index in [1.54, 1.807) is 0 Å². The number of amides is 1. The number of primary amides is 1. The van der Waals surface area contributed by atoms with Crippen molar-refractivity contribution in [3.63, 3.8) is 0 Å². The zero-order chi connectivity index (χ0) is 23.9. The van der Waals surface area contributed by atoms with Crippen LogP contribution in [0.4, 0.5) is 0 Å². The second kappa shape index (κ2) is 11.4. The summed E-state index contributed by atoms with van der Waals surface area (Å²) in [4.78, 5) is 22.9. The average Bonchev–Trinajstić information content (AvgIpc) is 2.75. The maximum absolute atomic E-state index is 13.7. The van der Waals surface area contributed by atoms with Gasteiger partial charge in [0.2, 0.25) is 15.9 Å². The molecule has 0 aliphatic carbocycles. The SMILES string of the molecule is CC(=O)c1ccc(S(=O)(=O)N(CC(C)C)C(Cc2ccccc2)[C@H](O)CCC(N)=O)cc1. The van der Waals surface area contributed by atoms with E-state index < -0.39 is 28.1 Å². The molecule has 2 aromatic carbocycles. The minimum absolute atomic E-state index is 0.0112. The number of Topliss-reactive ketones (excluding diaryl/α,β-unsaturated/α-hetero) is 1. The first-order valence-corrected chi connectivity index (χ1v) is 12.1. The zero-order valence-corrected chi connectivity index (χ0v) is 19.6. The fourth-order valence-corrected chi connectivity index (χ4v) is 5.35. The molecule has 0 aliphatic rings.